The van der Waals surface area contributed by atoms with Crippen molar-refractivity contribution in [2.75, 3.05) is 5.32 Å². The molecule has 1 aromatic heterocycles. The van der Waals surface area contributed by atoms with Gasteiger partial charge in [-0.15, -0.1) is 5.10 Å². The number of nitriles is 1. The Labute approximate surface area is 109 Å². The van der Waals surface area contributed by atoms with Gasteiger partial charge in [-0.25, -0.2) is 8.78 Å². The molecule has 4 nitrogen and oxygen atoms in total. The second-order valence-electron chi connectivity index (χ2n) is 3.27. The quantitative estimate of drug-likeness (QED) is 0.925. The molecule has 0 aliphatic heterocycles. The van der Waals surface area contributed by atoms with Crippen LogP contribution in [0.3, 0.4) is 0 Å². The molecule has 0 unspecified atom stereocenters. The number of hydrogen-bond donors (Lipinski definition) is 1. The van der Waals surface area contributed by atoms with Crippen molar-refractivity contribution >= 4 is 27.4 Å². The fraction of sp³-hybridized carbons (Fsp3) is 0. The third kappa shape index (κ3) is 2.43. The lowest BCUT2D eigenvalue weighted by Gasteiger charge is -2.08. The minimum absolute atomic E-state index is 0.000113. The van der Waals surface area contributed by atoms with Crippen molar-refractivity contribution in [1.82, 2.24) is 10.2 Å². The molecule has 0 spiro atoms. The van der Waals surface area contributed by atoms with Crippen LogP contribution >= 0.6 is 15.9 Å². The van der Waals surface area contributed by atoms with Crippen LogP contribution in [0.5, 0.6) is 0 Å². The topological polar surface area (TPSA) is 61.6 Å². The largest absolute Gasteiger partial charge is 0.333 e. The highest BCUT2D eigenvalue weighted by Gasteiger charge is 2.13. The summed E-state index contributed by atoms with van der Waals surface area (Å²) >= 11 is 2.97. The lowest BCUT2D eigenvalue weighted by Crippen LogP contribution is -2.02. The van der Waals surface area contributed by atoms with Crippen LogP contribution in [0.1, 0.15) is 5.56 Å². The molecule has 0 atom stereocenters. The molecule has 7 heteroatoms. The van der Waals surface area contributed by atoms with Crippen molar-refractivity contribution in [3.8, 4) is 6.07 Å². The van der Waals surface area contributed by atoms with Gasteiger partial charge in [0, 0.05) is 4.47 Å². The van der Waals surface area contributed by atoms with Crippen LogP contribution in [0.4, 0.5) is 20.3 Å². The van der Waals surface area contributed by atoms with Crippen LogP contribution in [0.2, 0.25) is 0 Å². The maximum absolute atomic E-state index is 13.6. The molecule has 0 aliphatic rings. The van der Waals surface area contributed by atoms with Gasteiger partial charge in [0.2, 0.25) is 0 Å². The van der Waals surface area contributed by atoms with E-state index in [-0.39, 0.29) is 21.5 Å². The first-order chi connectivity index (χ1) is 8.61. The molecule has 1 heterocycles. The molecular weight excluding hydrogens is 306 g/mol. The summed E-state index contributed by atoms with van der Waals surface area (Å²) in [5, 5.41) is 18.4. The summed E-state index contributed by atoms with van der Waals surface area (Å²) in [6.45, 7) is 0. The van der Waals surface area contributed by atoms with Crippen LogP contribution in [-0.2, 0) is 0 Å². The van der Waals surface area contributed by atoms with Gasteiger partial charge in [-0.1, -0.05) is 15.9 Å². The molecule has 1 aromatic carbocycles. The maximum atomic E-state index is 13.6. The Bertz CT molecular complexity index is 616. The van der Waals surface area contributed by atoms with E-state index in [2.05, 4.69) is 31.4 Å². The normalized spacial score (nSPS) is 9.89. The number of anilines is 2. The molecule has 1 N–H and O–H groups in total. The molecule has 0 aliphatic carbocycles. The monoisotopic (exact) mass is 310 g/mol. The molecule has 0 amide bonds. The Morgan fingerprint density at radius 1 is 1.28 bits per heavy atom. The van der Waals surface area contributed by atoms with E-state index < -0.39 is 11.6 Å². The van der Waals surface area contributed by atoms with E-state index in [4.69, 9.17) is 5.26 Å². The van der Waals surface area contributed by atoms with E-state index in [0.29, 0.717) is 0 Å². The second-order valence-corrected chi connectivity index (χ2v) is 4.19. The van der Waals surface area contributed by atoms with E-state index in [1.165, 1.54) is 12.3 Å². The molecule has 2 rings (SSSR count). The average molecular weight is 311 g/mol. The minimum atomic E-state index is -0.795. The van der Waals surface area contributed by atoms with Crippen LogP contribution in [-0.4, -0.2) is 10.2 Å². The highest BCUT2D eigenvalue weighted by atomic mass is 79.9. The first-order valence-electron chi connectivity index (χ1n) is 4.75. The first kappa shape index (κ1) is 12.4. The van der Waals surface area contributed by atoms with E-state index in [1.54, 1.807) is 0 Å². The molecule has 0 saturated heterocycles. The highest BCUT2D eigenvalue weighted by Crippen LogP contribution is 2.26. The molecular formula is C11H5BrF2N4. The van der Waals surface area contributed by atoms with Gasteiger partial charge in [-0.3, -0.25) is 0 Å². The average Bonchev–Trinajstić information content (AvgIpc) is 2.34. The Kier molecular flexibility index (Phi) is 3.48. The van der Waals surface area contributed by atoms with E-state index in [0.717, 1.165) is 12.1 Å². The number of halogens is 3. The van der Waals surface area contributed by atoms with Crippen molar-refractivity contribution in [2.45, 2.75) is 0 Å². The number of hydrogen-bond acceptors (Lipinski definition) is 4. The van der Waals surface area contributed by atoms with Crippen molar-refractivity contribution < 1.29 is 8.78 Å². The summed E-state index contributed by atoms with van der Waals surface area (Å²) < 4.78 is 27.4. The Morgan fingerprint density at radius 2 is 1.94 bits per heavy atom. The van der Waals surface area contributed by atoms with Crippen LogP contribution in [0.15, 0.2) is 28.9 Å². The fourth-order valence-electron chi connectivity index (χ4n) is 1.29. The van der Waals surface area contributed by atoms with Gasteiger partial charge in [0.05, 0.1) is 11.8 Å². The van der Waals surface area contributed by atoms with E-state index in [1.807, 2.05) is 6.07 Å². The van der Waals surface area contributed by atoms with Crippen molar-refractivity contribution in [1.29, 1.82) is 5.26 Å². The lowest BCUT2D eigenvalue weighted by atomic mass is 10.2. The smallest absolute Gasteiger partial charge is 0.171 e. The fourth-order valence-corrected chi connectivity index (χ4v) is 1.70. The van der Waals surface area contributed by atoms with Gasteiger partial charge in [0.15, 0.2) is 17.5 Å². The summed E-state index contributed by atoms with van der Waals surface area (Å²) in [6.07, 6.45) is 1.32. The van der Waals surface area contributed by atoms with Gasteiger partial charge in [0.25, 0.3) is 0 Å². The van der Waals surface area contributed by atoms with Gasteiger partial charge >= 0.3 is 0 Å². The Hall–Kier alpha value is -2.07. The highest BCUT2D eigenvalue weighted by molar-refractivity contribution is 9.10. The van der Waals surface area contributed by atoms with Gasteiger partial charge in [-0.2, -0.15) is 10.4 Å². The van der Waals surface area contributed by atoms with Gasteiger partial charge in [-0.05, 0) is 18.2 Å². The molecule has 18 heavy (non-hydrogen) atoms. The molecule has 0 bridgehead atoms. The number of nitrogens with zero attached hydrogens (tertiary/aromatic N) is 3. The summed E-state index contributed by atoms with van der Waals surface area (Å²) in [6, 6.07) is 5.45. The summed E-state index contributed by atoms with van der Waals surface area (Å²) in [5.74, 6) is -1.59. The molecule has 0 saturated carbocycles. The summed E-state index contributed by atoms with van der Waals surface area (Å²) in [5.41, 5.74) is -0.234. The predicted octanol–water partition coefficient (Wildman–Crippen LogP) is 3.13. The van der Waals surface area contributed by atoms with E-state index >= 15 is 0 Å². The molecule has 2 aromatic rings. The first-order valence-corrected chi connectivity index (χ1v) is 5.54. The molecule has 0 fully saturated rings. The summed E-state index contributed by atoms with van der Waals surface area (Å²) in [7, 11) is 0. The van der Waals surface area contributed by atoms with Crippen LogP contribution in [0, 0.1) is 23.0 Å². The lowest BCUT2D eigenvalue weighted by molar-refractivity contribution is 0.589. The number of aromatic nitrogens is 2. The zero-order chi connectivity index (χ0) is 13.1. The third-order valence-electron chi connectivity index (χ3n) is 2.09. The zero-order valence-electron chi connectivity index (χ0n) is 8.78. The zero-order valence-corrected chi connectivity index (χ0v) is 10.4. The Balaban J connectivity index is 2.44. The van der Waals surface area contributed by atoms with Crippen LogP contribution < -0.4 is 5.32 Å². The Morgan fingerprint density at radius 3 is 2.56 bits per heavy atom. The number of benzene rings is 1. The molecule has 90 valence electrons. The van der Waals surface area contributed by atoms with Gasteiger partial charge in [0.1, 0.15) is 11.8 Å². The second kappa shape index (κ2) is 5.06. The SMILES string of the molecule is N#Cc1ccnnc1Nc1c(F)cc(Br)cc1F. The molecule has 0 radical (unpaired) electrons. The number of nitrogens with one attached hydrogen (secondary N) is 1. The standard InChI is InChI=1S/C11H5BrF2N4/c12-7-3-8(13)10(9(14)4-7)17-11-6(5-15)1-2-16-18-11/h1-4H,(H,17,18). The minimum Gasteiger partial charge on any atom is -0.333 e. The maximum Gasteiger partial charge on any atom is 0.171 e. The van der Waals surface area contributed by atoms with Crippen LogP contribution in [0.25, 0.3) is 0 Å². The predicted molar refractivity (Wildman–Crippen MR) is 64.1 cm³/mol. The number of rotatable bonds is 2. The van der Waals surface area contributed by atoms with Crippen molar-refractivity contribution in [3.05, 3.63) is 46.1 Å². The van der Waals surface area contributed by atoms with Crippen molar-refractivity contribution in [3.63, 3.8) is 0 Å². The summed E-state index contributed by atoms with van der Waals surface area (Å²) in [4.78, 5) is 0. The third-order valence-corrected chi connectivity index (χ3v) is 2.55. The van der Waals surface area contributed by atoms with Gasteiger partial charge < -0.3 is 5.32 Å². The van der Waals surface area contributed by atoms with Crippen molar-refractivity contribution in [2.24, 2.45) is 0 Å². The van der Waals surface area contributed by atoms with E-state index in [9.17, 15) is 8.78 Å².